The Morgan fingerprint density at radius 3 is 1.08 bits per heavy atom. The number of hydrogen-bond acceptors (Lipinski definition) is 10. The SMILES string of the molecule is CC[C@@](C)(C(=O)OCCOC(=O)[C@](C)(CC)N(COC)C(=O)OC(C)(C)C)N(COC)C(=O)OC(C)(C)C. The largest absolute Gasteiger partial charge is 0.460 e. The van der Waals surface area contributed by atoms with Crippen LogP contribution in [0.4, 0.5) is 9.59 Å². The number of amides is 2. The highest BCUT2D eigenvalue weighted by Crippen LogP contribution is 2.26. The number of hydrogen-bond donors (Lipinski definition) is 0. The predicted octanol–water partition coefficient (Wildman–Crippen LogP) is 4.09. The quantitative estimate of drug-likeness (QED) is 0.143. The molecule has 0 aliphatic heterocycles. The monoisotopic (exact) mass is 548 g/mol. The van der Waals surface area contributed by atoms with E-state index in [0.717, 1.165) is 9.80 Å². The Hall–Kier alpha value is -2.60. The molecular weight excluding hydrogens is 500 g/mol. The summed E-state index contributed by atoms with van der Waals surface area (Å²) in [4.78, 5) is 53.9. The first-order chi connectivity index (χ1) is 17.3. The van der Waals surface area contributed by atoms with E-state index in [0.29, 0.717) is 0 Å². The van der Waals surface area contributed by atoms with Gasteiger partial charge in [-0.3, -0.25) is 9.80 Å². The van der Waals surface area contributed by atoms with Gasteiger partial charge in [0.05, 0.1) is 0 Å². The van der Waals surface area contributed by atoms with E-state index in [2.05, 4.69) is 0 Å². The van der Waals surface area contributed by atoms with E-state index in [1.165, 1.54) is 14.2 Å². The summed E-state index contributed by atoms with van der Waals surface area (Å²) in [6.07, 6.45) is -1.04. The second kappa shape index (κ2) is 14.5. The fourth-order valence-electron chi connectivity index (χ4n) is 3.16. The van der Waals surface area contributed by atoms with Gasteiger partial charge in [0.15, 0.2) is 0 Å². The second-order valence-electron chi connectivity index (χ2n) is 11.2. The number of ether oxygens (including phenoxy) is 6. The lowest BCUT2D eigenvalue weighted by Crippen LogP contribution is -2.57. The predicted molar refractivity (Wildman–Crippen MR) is 139 cm³/mol. The van der Waals surface area contributed by atoms with Crippen LogP contribution in [0.5, 0.6) is 0 Å². The molecule has 0 aromatic rings. The average Bonchev–Trinajstić information content (AvgIpc) is 2.79. The molecule has 0 fully saturated rings. The molecule has 0 aliphatic rings. The molecule has 2 atom stereocenters. The Balaban J connectivity index is 5.43. The van der Waals surface area contributed by atoms with Gasteiger partial charge in [0, 0.05) is 14.2 Å². The van der Waals surface area contributed by atoms with Gasteiger partial charge < -0.3 is 28.4 Å². The molecule has 0 aromatic carbocycles. The summed E-state index contributed by atoms with van der Waals surface area (Å²) in [5, 5.41) is 0. The molecule has 0 heterocycles. The van der Waals surface area contributed by atoms with Gasteiger partial charge in [0.25, 0.3) is 0 Å². The van der Waals surface area contributed by atoms with Gasteiger partial charge in [-0.25, -0.2) is 19.2 Å². The number of nitrogens with zero attached hydrogens (tertiary/aromatic N) is 2. The van der Waals surface area contributed by atoms with Crippen molar-refractivity contribution in [2.75, 3.05) is 40.9 Å². The summed E-state index contributed by atoms with van der Waals surface area (Å²) < 4.78 is 31.9. The zero-order valence-electron chi connectivity index (χ0n) is 25.2. The smallest absolute Gasteiger partial charge is 0.413 e. The van der Waals surface area contributed by atoms with Gasteiger partial charge in [-0.05, 0) is 68.2 Å². The minimum absolute atomic E-state index is 0.196. The van der Waals surface area contributed by atoms with E-state index >= 15 is 0 Å². The topological polar surface area (TPSA) is 130 Å². The maximum atomic E-state index is 13.0. The molecule has 0 bridgehead atoms. The fourth-order valence-corrected chi connectivity index (χ4v) is 3.16. The molecule has 0 spiro atoms. The molecule has 0 aliphatic carbocycles. The molecule has 2 amide bonds. The van der Waals surface area contributed by atoms with Crippen molar-refractivity contribution >= 4 is 24.1 Å². The summed E-state index contributed by atoms with van der Waals surface area (Å²) in [6, 6.07) is 0. The Bertz CT molecular complexity index is 739. The van der Waals surface area contributed by atoms with Crippen LogP contribution in [0.25, 0.3) is 0 Å². The van der Waals surface area contributed by atoms with Crippen LogP contribution in [0, 0.1) is 0 Å². The minimum atomic E-state index is -1.40. The van der Waals surface area contributed by atoms with E-state index in [4.69, 9.17) is 28.4 Å². The first kappa shape index (κ1) is 35.4. The number of carbonyl (C=O) groups excluding carboxylic acids is 4. The molecule has 0 unspecified atom stereocenters. The normalized spacial score (nSPS) is 14.9. The van der Waals surface area contributed by atoms with E-state index in [1.807, 2.05) is 0 Å². The molecule has 12 heteroatoms. The van der Waals surface area contributed by atoms with Crippen molar-refractivity contribution < 1.29 is 47.6 Å². The number of esters is 2. The Labute approximate surface area is 227 Å². The summed E-state index contributed by atoms with van der Waals surface area (Å²) in [6.45, 7) is 15.9. The van der Waals surface area contributed by atoms with E-state index in [-0.39, 0.29) is 39.5 Å². The van der Waals surface area contributed by atoms with Gasteiger partial charge in [-0.2, -0.15) is 0 Å². The van der Waals surface area contributed by atoms with Crippen molar-refractivity contribution in [1.29, 1.82) is 0 Å². The maximum Gasteiger partial charge on any atom is 0.413 e. The molecular formula is C26H48N2O10. The van der Waals surface area contributed by atoms with Gasteiger partial charge in [-0.15, -0.1) is 0 Å². The Morgan fingerprint density at radius 1 is 0.579 bits per heavy atom. The van der Waals surface area contributed by atoms with Crippen molar-refractivity contribution in [2.24, 2.45) is 0 Å². The van der Waals surface area contributed by atoms with Crippen LogP contribution in [-0.2, 0) is 38.0 Å². The highest BCUT2D eigenvalue weighted by atomic mass is 16.6. The van der Waals surface area contributed by atoms with Gasteiger partial charge in [-0.1, -0.05) is 13.8 Å². The summed E-state index contributed by atoms with van der Waals surface area (Å²) in [5.41, 5.74) is -4.35. The number of rotatable bonds is 13. The van der Waals surface area contributed by atoms with Crippen LogP contribution >= 0.6 is 0 Å². The van der Waals surface area contributed by atoms with Crippen molar-refractivity contribution in [3.05, 3.63) is 0 Å². The molecule has 0 saturated carbocycles. The molecule has 0 radical (unpaired) electrons. The zero-order chi connectivity index (χ0) is 29.9. The number of methoxy groups -OCH3 is 2. The summed E-state index contributed by atoms with van der Waals surface area (Å²) in [5.74, 6) is -1.43. The number of carbonyl (C=O) groups is 4. The van der Waals surface area contributed by atoms with E-state index < -0.39 is 46.4 Å². The lowest BCUT2D eigenvalue weighted by Gasteiger charge is -2.39. The maximum absolute atomic E-state index is 13.0. The molecule has 0 aromatic heterocycles. The fraction of sp³-hybridized carbons (Fsp3) is 0.846. The van der Waals surface area contributed by atoms with Crippen LogP contribution < -0.4 is 0 Å². The third-order valence-corrected chi connectivity index (χ3v) is 5.74. The third-order valence-electron chi connectivity index (χ3n) is 5.74. The van der Waals surface area contributed by atoms with Crippen molar-refractivity contribution in [2.45, 2.75) is 104 Å². The van der Waals surface area contributed by atoms with Crippen molar-refractivity contribution in [3.63, 3.8) is 0 Å². The summed E-state index contributed by atoms with van der Waals surface area (Å²) in [7, 11) is 2.79. The third kappa shape index (κ3) is 10.3. The molecule has 38 heavy (non-hydrogen) atoms. The minimum Gasteiger partial charge on any atom is -0.460 e. The van der Waals surface area contributed by atoms with Crippen LogP contribution in [0.15, 0.2) is 0 Å². The van der Waals surface area contributed by atoms with Crippen molar-refractivity contribution in [1.82, 2.24) is 9.80 Å². The molecule has 222 valence electrons. The first-order valence-electron chi connectivity index (χ1n) is 12.7. The van der Waals surface area contributed by atoms with Crippen LogP contribution in [0.1, 0.15) is 82.1 Å². The molecule has 12 nitrogen and oxygen atoms in total. The Morgan fingerprint density at radius 2 is 0.868 bits per heavy atom. The second-order valence-corrected chi connectivity index (χ2v) is 11.2. The van der Waals surface area contributed by atoms with Gasteiger partial charge >= 0.3 is 24.1 Å². The first-order valence-corrected chi connectivity index (χ1v) is 12.7. The average molecular weight is 549 g/mol. The van der Waals surface area contributed by atoms with Crippen molar-refractivity contribution in [3.8, 4) is 0 Å². The van der Waals surface area contributed by atoms with Crippen LogP contribution in [0.2, 0.25) is 0 Å². The standard InChI is InChI=1S/C26H48N2O10/c1-13-25(9,27(17-33-11)21(31)37-23(3,4)5)19(29)35-15-16-36-20(30)26(10,14-2)28(18-34-12)22(32)38-24(6,7)8/h13-18H2,1-12H3/t25-,26-/m0/s1. The highest BCUT2D eigenvalue weighted by molar-refractivity contribution is 5.86. The van der Waals surface area contributed by atoms with E-state index in [1.54, 1.807) is 69.2 Å². The van der Waals surface area contributed by atoms with E-state index in [9.17, 15) is 19.2 Å². The lowest BCUT2D eigenvalue weighted by molar-refractivity contribution is -0.169. The van der Waals surface area contributed by atoms with Gasteiger partial charge in [0.1, 0.15) is 49.0 Å². The van der Waals surface area contributed by atoms with Crippen LogP contribution in [-0.4, -0.2) is 97.1 Å². The molecule has 0 saturated heterocycles. The van der Waals surface area contributed by atoms with Gasteiger partial charge in [0.2, 0.25) is 0 Å². The lowest BCUT2D eigenvalue weighted by atomic mass is 9.97. The zero-order valence-corrected chi connectivity index (χ0v) is 25.2. The molecule has 0 rings (SSSR count). The Kier molecular flexibility index (Phi) is 13.5. The highest BCUT2D eigenvalue weighted by Gasteiger charge is 2.45. The molecule has 0 N–H and O–H groups in total. The summed E-state index contributed by atoms with van der Waals surface area (Å²) >= 11 is 0. The van der Waals surface area contributed by atoms with Crippen LogP contribution in [0.3, 0.4) is 0 Å².